The quantitative estimate of drug-likeness (QED) is 0.729. The highest BCUT2D eigenvalue weighted by Crippen LogP contribution is 2.16. The molecule has 0 aromatic heterocycles. The maximum atomic E-state index is 11.7. The normalized spacial score (nSPS) is 12.2. The van der Waals surface area contributed by atoms with E-state index in [4.69, 9.17) is 16.3 Å². The van der Waals surface area contributed by atoms with E-state index in [0.717, 1.165) is 12.8 Å². The molecule has 0 saturated heterocycles. The van der Waals surface area contributed by atoms with Crippen LogP contribution in [0.3, 0.4) is 0 Å². The molecule has 0 fully saturated rings. The van der Waals surface area contributed by atoms with Gasteiger partial charge in [-0.1, -0.05) is 44.0 Å². The SMILES string of the molecule is CCCC(C)COC(=O)c1ccccc1Cl. The average Bonchev–Trinajstić information content (AvgIpc) is 2.27. The number of esters is 1. The zero-order valence-electron chi connectivity index (χ0n) is 9.70. The third kappa shape index (κ3) is 3.86. The van der Waals surface area contributed by atoms with E-state index in [2.05, 4.69) is 13.8 Å². The second kappa shape index (κ2) is 6.54. The van der Waals surface area contributed by atoms with Crippen LogP contribution in [0, 0.1) is 5.92 Å². The van der Waals surface area contributed by atoms with E-state index in [1.165, 1.54) is 0 Å². The highest BCUT2D eigenvalue weighted by atomic mass is 35.5. The minimum Gasteiger partial charge on any atom is -0.462 e. The molecule has 0 amide bonds. The highest BCUT2D eigenvalue weighted by molar-refractivity contribution is 6.33. The van der Waals surface area contributed by atoms with Crippen LogP contribution in [0.2, 0.25) is 5.02 Å². The maximum absolute atomic E-state index is 11.7. The van der Waals surface area contributed by atoms with E-state index in [1.807, 2.05) is 0 Å². The third-order valence-corrected chi connectivity index (χ3v) is 2.70. The zero-order chi connectivity index (χ0) is 12.0. The molecule has 1 rings (SSSR count). The van der Waals surface area contributed by atoms with Gasteiger partial charge in [0.15, 0.2) is 0 Å². The topological polar surface area (TPSA) is 26.3 Å². The standard InChI is InChI=1S/C13H17ClO2/c1-3-6-10(2)9-16-13(15)11-7-4-5-8-12(11)14/h4-5,7-8,10H,3,6,9H2,1-2H3. The molecule has 0 bridgehead atoms. The Bertz CT molecular complexity index is 350. The summed E-state index contributed by atoms with van der Waals surface area (Å²) in [4.78, 5) is 11.7. The summed E-state index contributed by atoms with van der Waals surface area (Å²) >= 11 is 5.89. The molecule has 0 saturated carbocycles. The van der Waals surface area contributed by atoms with Gasteiger partial charge in [-0.25, -0.2) is 4.79 Å². The molecule has 2 nitrogen and oxygen atoms in total. The molecule has 0 aliphatic heterocycles. The van der Waals surface area contributed by atoms with Crippen LogP contribution in [-0.4, -0.2) is 12.6 Å². The van der Waals surface area contributed by atoms with Crippen LogP contribution >= 0.6 is 11.6 Å². The van der Waals surface area contributed by atoms with Crippen molar-refractivity contribution in [3.8, 4) is 0 Å². The Kier molecular flexibility index (Phi) is 5.33. The first-order chi connectivity index (χ1) is 7.65. The second-order valence-electron chi connectivity index (χ2n) is 3.97. The fourth-order valence-corrected chi connectivity index (χ4v) is 1.71. The first kappa shape index (κ1) is 13.0. The van der Waals surface area contributed by atoms with Crippen molar-refractivity contribution >= 4 is 17.6 Å². The molecule has 3 heteroatoms. The van der Waals surface area contributed by atoms with Crippen LogP contribution in [0.5, 0.6) is 0 Å². The molecule has 0 aliphatic carbocycles. The smallest absolute Gasteiger partial charge is 0.339 e. The number of carbonyl (C=O) groups excluding carboxylic acids is 1. The molecule has 88 valence electrons. The number of rotatable bonds is 5. The van der Waals surface area contributed by atoms with Gasteiger partial charge in [-0.2, -0.15) is 0 Å². The van der Waals surface area contributed by atoms with Crippen molar-refractivity contribution in [2.75, 3.05) is 6.61 Å². The van der Waals surface area contributed by atoms with Crippen LogP contribution in [0.4, 0.5) is 0 Å². The fraction of sp³-hybridized carbons (Fsp3) is 0.462. The van der Waals surface area contributed by atoms with Gasteiger partial charge in [0.05, 0.1) is 17.2 Å². The van der Waals surface area contributed by atoms with Gasteiger partial charge in [0.1, 0.15) is 0 Å². The lowest BCUT2D eigenvalue weighted by Crippen LogP contribution is -2.12. The predicted molar refractivity (Wildman–Crippen MR) is 65.8 cm³/mol. The number of carbonyl (C=O) groups is 1. The Hall–Kier alpha value is -1.02. The molecule has 0 N–H and O–H groups in total. The van der Waals surface area contributed by atoms with Gasteiger partial charge in [0.2, 0.25) is 0 Å². The van der Waals surface area contributed by atoms with Crippen molar-refractivity contribution in [3.05, 3.63) is 34.9 Å². The molecule has 1 aromatic rings. The van der Waals surface area contributed by atoms with Crippen LogP contribution in [0.1, 0.15) is 37.0 Å². The zero-order valence-corrected chi connectivity index (χ0v) is 10.5. The molecule has 1 aromatic carbocycles. The van der Waals surface area contributed by atoms with Crippen molar-refractivity contribution in [3.63, 3.8) is 0 Å². The Morgan fingerprint density at radius 3 is 2.75 bits per heavy atom. The van der Waals surface area contributed by atoms with Crippen LogP contribution in [0.15, 0.2) is 24.3 Å². The highest BCUT2D eigenvalue weighted by Gasteiger charge is 2.12. The van der Waals surface area contributed by atoms with Crippen molar-refractivity contribution < 1.29 is 9.53 Å². The summed E-state index contributed by atoms with van der Waals surface area (Å²) in [6.45, 7) is 4.65. The van der Waals surface area contributed by atoms with E-state index >= 15 is 0 Å². The number of benzene rings is 1. The number of hydrogen-bond donors (Lipinski definition) is 0. The maximum Gasteiger partial charge on any atom is 0.339 e. The number of ether oxygens (including phenoxy) is 1. The molecule has 0 radical (unpaired) electrons. The molecular formula is C13H17ClO2. The summed E-state index contributed by atoms with van der Waals surface area (Å²) in [5, 5.41) is 0.440. The van der Waals surface area contributed by atoms with Gasteiger partial charge >= 0.3 is 5.97 Å². The third-order valence-electron chi connectivity index (χ3n) is 2.37. The fourth-order valence-electron chi connectivity index (χ4n) is 1.50. The Labute approximate surface area is 102 Å². The Morgan fingerprint density at radius 1 is 1.44 bits per heavy atom. The summed E-state index contributed by atoms with van der Waals surface area (Å²) in [6, 6.07) is 6.93. The van der Waals surface area contributed by atoms with E-state index in [0.29, 0.717) is 23.1 Å². The average molecular weight is 241 g/mol. The van der Waals surface area contributed by atoms with Crippen LogP contribution < -0.4 is 0 Å². The minimum atomic E-state index is -0.339. The summed E-state index contributed by atoms with van der Waals surface area (Å²) in [5.74, 6) is 0.0602. The van der Waals surface area contributed by atoms with Gasteiger partial charge in [0, 0.05) is 0 Å². The lowest BCUT2D eigenvalue weighted by Gasteiger charge is -2.11. The molecule has 1 unspecified atom stereocenters. The monoisotopic (exact) mass is 240 g/mol. The van der Waals surface area contributed by atoms with Crippen molar-refractivity contribution in [1.29, 1.82) is 0 Å². The van der Waals surface area contributed by atoms with E-state index in [-0.39, 0.29) is 5.97 Å². The lowest BCUT2D eigenvalue weighted by molar-refractivity contribution is 0.0444. The summed E-state index contributed by atoms with van der Waals surface area (Å²) in [7, 11) is 0. The van der Waals surface area contributed by atoms with E-state index in [1.54, 1.807) is 24.3 Å². The predicted octanol–water partition coefficient (Wildman–Crippen LogP) is 3.93. The summed E-state index contributed by atoms with van der Waals surface area (Å²) in [6.07, 6.45) is 2.17. The van der Waals surface area contributed by atoms with Gasteiger partial charge in [-0.3, -0.25) is 0 Å². The lowest BCUT2D eigenvalue weighted by atomic mass is 10.1. The molecule has 16 heavy (non-hydrogen) atoms. The number of hydrogen-bond acceptors (Lipinski definition) is 2. The van der Waals surface area contributed by atoms with Gasteiger partial charge in [-0.05, 0) is 24.5 Å². The van der Waals surface area contributed by atoms with E-state index < -0.39 is 0 Å². The van der Waals surface area contributed by atoms with Gasteiger partial charge in [0.25, 0.3) is 0 Å². The van der Waals surface area contributed by atoms with E-state index in [9.17, 15) is 4.79 Å². The van der Waals surface area contributed by atoms with Crippen molar-refractivity contribution in [2.24, 2.45) is 5.92 Å². The molecule has 0 spiro atoms. The summed E-state index contributed by atoms with van der Waals surface area (Å²) < 4.78 is 5.20. The molecule has 0 heterocycles. The van der Waals surface area contributed by atoms with Gasteiger partial charge in [-0.15, -0.1) is 0 Å². The molecule has 0 aliphatic rings. The van der Waals surface area contributed by atoms with Crippen molar-refractivity contribution in [2.45, 2.75) is 26.7 Å². The first-order valence-electron chi connectivity index (χ1n) is 5.56. The molecular weight excluding hydrogens is 224 g/mol. The van der Waals surface area contributed by atoms with Crippen molar-refractivity contribution in [1.82, 2.24) is 0 Å². The Morgan fingerprint density at radius 2 is 2.12 bits per heavy atom. The number of halogens is 1. The van der Waals surface area contributed by atoms with Crippen LogP contribution in [0.25, 0.3) is 0 Å². The molecule has 1 atom stereocenters. The largest absolute Gasteiger partial charge is 0.462 e. The summed E-state index contributed by atoms with van der Waals surface area (Å²) in [5.41, 5.74) is 0.438. The van der Waals surface area contributed by atoms with Gasteiger partial charge < -0.3 is 4.74 Å². The first-order valence-corrected chi connectivity index (χ1v) is 5.94. The minimum absolute atomic E-state index is 0.339. The second-order valence-corrected chi connectivity index (χ2v) is 4.38. The Balaban J connectivity index is 2.50. The van der Waals surface area contributed by atoms with Crippen LogP contribution in [-0.2, 0) is 4.74 Å².